The number of rotatable bonds is 4. The lowest BCUT2D eigenvalue weighted by atomic mass is 10.1. The first-order chi connectivity index (χ1) is 12.2. The van der Waals surface area contributed by atoms with E-state index in [2.05, 4.69) is 15.1 Å². The van der Waals surface area contributed by atoms with E-state index in [1.54, 1.807) is 12.5 Å². The van der Waals surface area contributed by atoms with Crippen LogP contribution in [0, 0.1) is 0 Å². The number of aromatic nitrogens is 4. The number of aryl methyl sites for hydroxylation is 1. The minimum absolute atomic E-state index is 0.0107. The van der Waals surface area contributed by atoms with Gasteiger partial charge in [0.25, 0.3) is 5.56 Å². The maximum atomic E-state index is 12.7. The van der Waals surface area contributed by atoms with E-state index in [-0.39, 0.29) is 11.6 Å². The van der Waals surface area contributed by atoms with E-state index < -0.39 is 0 Å². The number of anilines is 1. The number of aromatic amines is 1. The molecule has 3 aromatic heterocycles. The Morgan fingerprint density at radius 3 is 2.88 bits per heavy atom. The number of nitrogens with one attached hydrogen (secondary N) is 1. The van der Waals surface area contributed by atoms with Gasteiger partial charge in [0.05, 0.1) is 24.3 Å². The van der Waals surface area contributed by atoms with Gasteiger partial charge in [-0.1, -0.05) is 19.9 Å². The zero-order valence-corrected chi connectivity index (χ0v) is 14.3. The Morgan fingerprint density at radius 1 is 1.28 bits per heavy atom. The lowest BCUT2D eigenvalue weighted by Gasteiger charge is -2.14. The molecule has 0 bridgehead atoms. The van der Waals surface area contributed by atoms with Gasteiger partial charge in [0.1, 0.15) is 11.7 Å². The van der Waals surface area contributed by atoms with Crippen LogP contribution in [0.4, 0.5) is 5.69 Å². The molecule has 0 fully saturated rings. The van der Waals surface area contributed by atoms with Crippen LogP contribution < -0.4 is 10.5 Å². The van der Waals surface area contributed by atoms with Crippen LogP contribution in [0.2, 0.25) is 0 Å². The molecular formula is C18H20N6O. The molecule has 25 heavy (non-hydrogen) atoms. The molecule has 0 aliphatic carbocycles. The molecule has 7 nitrogen and oxygen atoms in total. The van der Waals surface area contributed by atoms with Crippen LogP contribution in [-0.4, -0.2) is 32.5 Å². The highest BCUT2D eigenvalue weighted by molar-refractivity contribution is 5.87. The monoisotopic (exact) mass is 336 g/mol. The van der Waals surface area contributed by atoms with Crippen molar-refractivity contribution in [1.29, 1.82) is 0 Å². The van der Waals surface area contributed by atoms with Crippen molar-refractivity contribution in [1.82, 2.24) is 19.6 Å². The van der Waals surface area contributed by atoms with Crippen LogP contribution in [0.15, 0.2) is 40.4 Å². The highest BCUT2D eigenvalue weighted by Crippen LogP contribution is 2.27. The van der Waals surface area contributed by atoms with Crippen LogP contribution in [0.25, 0.3) is 5.65 Å². The summed E-state index contributed by atoms with van der Waals surface area (Å²) in [6.07, 6.45) is 6.81. The van der Waals surface area contributed by atoms with Crippen molar-refractivity contribution in [2.45, 2.75) is 32.7 Å². The topological polar surface area (TPSA) is 78.7 Å². The van der Waals surface area contributed by atoms with Gasteiger partial charge in [0.15, 0.2) is 5.65 Å². The Labute approximate surface area is 145 Å². The van der Waals surface area contributed by atoms with Crippen LogP contribution in [0.5, 0.6) is 0 Å². The summed E-state index contributed by atoms with van der Waals surface area (Å²) in [5, 5.41) is 3.04. The summed E-state index contributed by atoms with van der Waals surface area (Å²) in [5.41, 5.74) is 4.06. The summed E-state index contributed by atoms with van der Waals surface area (Å²) < 4.78 is 1.52. The van der Waals surface area contributed by atoms with Crippen molar-refractivity contribution >= 4 is 17.7 Å². The summed E-state index contributed by atoms with van der Waals surface area (Å²) in [6, 6.07) is 5.83. The Morgan fingerprint density at radius 2 is 2.16 bits per heavy atom. The molecule has 7 heteroatoms. The lowest BCUT2D eigenvalue weighted by Crippen LogP contribution is -2.24. The van der Waals surface area contributed by atoms with Crippen molar-refractivity contribution in [3.8, 4) is 0 Å². The molecule has 1 atom stereocenters. The highest BCUT2D eigenvalue weighted by atomic mass is 16.1. The molecular weight excluding hydrogens is 316 g/mol. The van der Waals surface area contributed by atoms with Crippen LogP contribution in [0.1, 0.15) is 36.8 Å². The van der Waals surface area contributed by atoms with Gasteiger partial charge in [-0.25, -0.2) is 4.98 Å². The van der Waals surface area contributed by atoms with Crippen LogP contribution in [-0.2, 0) is 12.8 Å². The van der Waals surface area contributed by atoms with Gasteiger partial charge in [0, 0.05) is 18.0 Å². The Kier molecular flexibility index (Phi) is 3.83. The second kappa shape index (κ2) is 6.16. The quantitative estimate of drug-likeness (QED) is 0.792. The summed E-state index contributed by atoms with van der Waals surface area (Å²) in [7, 11) is 0. The zero-order valence-electron chi connectivity index (χ0n) is 14.3. The molecule has 0 amide bonds. The second-order valence-corrected chi connectivity index (χ2v) is 6.05. The maximum absolute atomic E-state index is 12.7. The van der Waals surface area contributed by atoms with Gasteiger partial charge < -0.3 is 4.90 Å². The van der Waals surface area contributed by atoms with Crippen LogP contribution >= 0.6 is 0 Å². The molecule has 0 saturated carbocycles. The lowest BCUT2D eigenvalue weighted by molar-refractivity contribution is 0.751. The predicted octanol–water partition coefficient (Wildman–Crippen LogP) is 2.13. The highest BCUT2D eigenvalue weighted by Gasteiger charge is 2.24. The van der Waals surface area contributed by atoms with Crippen molar-refractivity contribution < 1.29 is 0 Å². The number of nitrogens with zero attached hydrogens (tertiary/aromatic N) is 5. The van der Waals surface area contributed by atoms with Crippen molar-refractivity contribution in [3.63, 3.8) is 0 Å². The van der Waals surface area contributed by atoms with Crippen molar-refractivity contribution in [2.75, 3.05) is 11.4 Å². The molecule has 1 aliphatic rings. The van der Waals surface area contributed by atoms with E-state index >= 15 is 0 Å². The van der Waals surface area contributed by atoms with Gasteiger partial charge in [0.2, 0.25) is 0 Å². The standard InChI is InChI=1S/C18H20N6O/c1-3-12-13(4-2)22-17-16(9-21-24(17)18(12)25)23-10-15(20-11-23)14-7-5-6-8-19-14/h5-9,11,15,21H,3-4,10H2,1-2H3. The maximum Gasteiger partial charge on any atom is 0.276 e. The van der Waals surface area contributed by atoms with Gasteiger partial charge in [-0.2, -0.15) is 4.52 Å². The first-order valence-electron chi connectivity index (χ1n) is 8.55. The second-order valence-electron chi connectivity index (χ2n) is 6.05. The smallest absolute Gasteiger partial charge is 0.276 e. The summed E-state index contributed by atoms with van der Waals surface area (Å²) in [6.45, 7) is 4.69. The fourth-order valence-electron chi connectivity index (χ4n) is 3.29. The van der Waals surface area contributed by atoms with E-state index in [0.29, 0.717) is 18.6 Å². The normalized spacial score (nSPS) is 16.9. The molecule has 128 valence electrons. The van der Waals surface area contributed by atoms with Crippen LogP contribution in [0.3, 0.4) is 0 Å². The Hall–Kier alpha value is -2.96. The molecule has 1 aliphatic heterocycles. The number of hydrogen-bond donors (Lipinski definition) is 1. The third-order valence-corrected chi connectivity index (χ3v) is 4.60. The molecule has 1 unspecified atom stereocenters. The minimum atomic E-state index is -0.0204. The van der Waals surface area contributed by atoms with E-state index in [1.807, 2.05) is 43.1 Å². The third kappa shape index (κ3) is 2.52. The summed E-state index contributed by atoms with van der Waals surface area (Å²) >= 11 is 0. The molecule has 0 aromatic carbocycles. The Bertz CT molecular complexity index is 988. The van der Waals surface area contributed by atoms with Gasteiger partial charge >= 0.3 is 0 Å². The van der Waals surface area contributed by atoms with Gasteiger partial charge in [-0.3, -0.25) is 19.9 Å². The number of hydrogen-bond acceptors (Lipinski definition) is 5. The first kappa shape index (κ1) is 15.6. The largest absolute Gasteiger partial charge is 0.326 e. The number of aliphatic imine (C=N–C) groups is 1. The summed E-state index contributed by atoms with van der Waals surface area (Å²) in [5.74, 6) is 0. The zero-order chi connectivity index (χ0) is 17.4. The summed E-state index contributed by atoms with van der Waals surface area (Å²) in [4.78, 5) is 28.4. The molecule has 1 N–H and O–H groups in total. The van der Waals surface area contributed by atoms with E-state index in [0.717, 1.165) is 29.1 Å². The molecule has 4 heterocycles. The molecule has 4 rings (SSSR count). The average Bonchev–Trinajstić information content (AvgIpc) is 3.29. The third-order valence-electron chi connectivity index (χ3n) is 4.60. The van der Waals surface area contributed by atoms with Crippen molar-refractivity contribution in [2.24, 2.45) is 4.99 Å². The molecule has 3 aromatic rings. The Balaban J connectivity index is 1.73. The molecule has 0 saturated heterocycles. The van der Waals surface area contributed by atoms with Crippen molar-refractivity contribution in [3.05, 3.63) is 57.9 Å². The van der Waals surface area contributed by atoms with Gasteiger partial charge in [-0.05, 0) is 25.0 Å². The van der Waals surface area contributed by atoms with Gasteiger partial charge in [-0.15, -0.1) is 0 Å². The fraction of sp³-hybridized carbons (Fsp3) is 0.333. The molecule has 0 radical (unpaired) electrons. The van der Waals surface area contributed by atoms with E-state index in [4.69, 9.17) is 4.98 Å². The number of fused-ring (bicyclic) bond motifs is 1. The predicted molar refractivity (Wildman–Crippen MR) is 97.4 cm³/mol. The molecule has 0 spiro atoms. The fourth-order valence-corrected chi connectivity index (χ4v) is 3.29. The number of pyridine rings is 1. The number of H-pyrrole nitrogens is 1. The SMILES string of the molecule is CCc1nc2c(N3C=NC(c4ccccn4)C3)c[nH]n2c(=O)c1CC. The van der Waals surface area contributed by atoms with E-state index in [9.17, 15) is 4.79 Å². The average molecular weight is 336 g/mol. The minimum Gasteiger partial charge on any atom is -0.326 e. The van der Waals surface area contributed by atoms with E-state index in [1.165, 1.54) is 4.52 Å². The first-order valence-corrected chi connectivity index (χ1v) is 8.55.